The van der Waals surface area contributed by atoms with Crippen molar-refractivity contribution in [3.63, 3.8) is 0 Å². The van der Waals surface area contributed by atoms with Crippen molar-refractivity contribution in [1.29, 1.82) is 0 Å². The molecule has 1 amide bonds. The molecule has 0 radical (unpaired) electrons. The van der Waals surface area contributed by atoms with E-state index < -0.39 is 0 Å². The number of rotatable bonds is 4. The van der Waals surface area contributed by atoms with Crippen molar-refractivity contribution in [3.8, 4) is 5.69 Å². The number of benzene rings is 1. The maximum absolute atomic E-state index is 12.7. The monoisotopic (exact) mass is 283 g/mol. The largest absolute Gasteiger partial charge is 0.338 e. The molecule has 0 unspecified atom stereocenters. The molecule has 0 saturated heterocycles. The lowest BCUT2D eigenvalue weighted by molar-refractivity contribution is 0.0765. The summed E-state index contributed by atoms with van der Waals surface area (Å²) in [6, 6.07) is 10.1. The van der Waals surface area contributed by atoms with E-state index in [4.69, 9.17) is 0 Å². The Morgan fingerprint density at radius 1 is 1.19 bits per heavy atom. The quantitative estimate of drug-likeness (QED) is 0.865. The number of hydrogen-bond acceptors (Lipinski definition) is 2. The van der Waals surface area contributed by atoms with Crippen molar-refractivity contribution in [2.75, 3.05) is 13.1 Å². The zero-order valence-corrected chi connectivity index (χ0v) is 12.7. The van der Waals surface area contributed by atoms with Crippen LogP contribution in [0.2, 0.25) is 0 Å². The number of aromatic nitrogens is 2. The summed E-state index contributed by atoms with van der Waals surface area (Å²) in [5.74, 6) is 0.0628. The molecule has 1 aliphatic carbocycles. The summed E-state index contributed by atoms with van der Waals surface area (Å²) in [7, 11) is 0. The molecular formula is C17H21N3O. The van der Waals surface area contributed by atoms with Gasteiger partial charge in [0, 0.05) is 24.3 Å². The van der Waals surface area contributed by atoms with Crippen molar-refractivity contribution >= 4 is 5.91 Å². The van der Waals surface area contributed by atoms with Crippen LogP contribution in [0.25, 0.3) is 5.69 Å². The second-order valence-corrected chi connectivity index (χ2v) is 5.35. The normalized spacial score (nSPS) is 13.2. The van der Waals surface area contributed by atoms with Gasteiger partial charge in [-0.3, -0.25) is 4.79 Å². The summed E-state index contributed by atoms with van der Waals surface area (Å²) < 4.78 is 1.96. The van der Waals surface area contributed by atoms with Crippen LogP contribution in [0.15, 0.2) is 30.3 Å². The zero-order valence-electron chi connectivity index (χ0n) is 12.7. The van der Waals surface area contributed by atoms with E-state index in [-0.39, 0.29) is 5.91 Å². The molecule has 0 saturated carbocycles. The molecule has 0 N–H and O–H groups in total. The minimum absolute atomic E-state index is 0.0628. The van der Waals surface area contributed by atoms with E-state index in [9.17, 15) is 4.79 Å². The van der Waals surface area contributed by atoms with Crippen molar-refractivity contribution in [3.05, 3.63) is 47.3 Å². The molecule has 21 heavy (non-hydrogen) atoms. The highest BCUT2D eigenvalue weighted by Crippen LogP contribution is 2.28. The summed E-state index contributed by atoms with van der Waals surface area (Å²) in [6.07, 6.45) is 3.08. The fraction of sp³-hybridized carbons (Fsp3) is 0.412. The fourth-order valence-corrected chi connectivity index (χ4v) is 3.05. The molecule has 0 aliphatic heterocycles. The standard InChI is InChI=1S/C17H21N3O/c1-3-19(4-2)17(21)16-14-11-8-12-15(14)20(18-16)13-9-6-5-7-10-13/h5-7,9-10H,3-4,8,11-12H2,1-2H3. The Labute approximate surface area is 125 Å². The number of nitrogens with zero attached hydrogens (tertiary/aromatic N) is 3. The Kier molecular flexibility index (Phi) is 3.78. The highest BCUT2D eigenvalue weighted by molar-refractivity contribution is 5.94. The molecule has 1 aromatic carbocycles. The van der Waals surface area contributed by atoms with Crippen LogP contribution in [0.5, 0.6) is 0 Å². The van der Waals surface area contributed by atoms with Crippen LogP contribution < -0.4 is 0 Å². The lowest BCUT2D eigenvalue weighted by atomic mass is 10.2. The van der Waals surface area contributed by atoms with Gasteiger partial charge in [0.1, 0.15) is 0 Å². The van der Waals surface area contributed by atoms with Crippen molar-refractivity contribution < 1.29 is 4.79 Å². The number of para-hydroxylation sites is 1. The maximum Gasteiger partial charge on any atom is 0.274 e. The van der Waals surface area contributed by atoms with Gasteiger partial charge in [-0.05, 0) is 45.2 Å². The minimum atomic E-state index is 0.0628. The summed E-state index contributed by atoms with van der Waals surface area (Å²) >= 11 is 0. The molecule has 0 bridgehead atoms. The zero-order chi connectivity index (χ0) is 14.8. The Morgan fingerprint density at radius 3 is 2.57 bits per heavy atom. The molecule has 3 rings (SSSR count). The molecule has 1 aliphatic rings. The van der Waals surface area contributed by atoms with Gasteiger partial charge >= 0.3 is 0 Å². The Morgan fingerprint density at radius 2 is 1.90 bits per heavy atom. The van der Waals surface area contributed by atoms with Gasteiger partial charge in [0.15, 0.2) is 5.69 Å². The van der Waals surface area contributed by atoms with Crippen LogP contribution in [0, 0.1) is 0 Å². The third kappa shape index (κ3) is 2.35. The maximum atomic E-state index is 12.7. The van der Waals surface area contributed by atoms with Crippen molar-refractivity contribution in [1.82, 2.24) is 14.7 Å². The van der Waals surface area contributed by atoms with Gasteiger partial charge in [0.2, 0.25) is 0 Å². The third-order valence-electron chi connectivity index (χ3n) is 4.18. The topological polar surface area (TPSA) is 38.1 Å². The molecule has 4 heteroatoms. The van der Waals surface area contributed by atoms with Gasteiger partial charge < -0.3 is 4.90 Å². The number of carbonyl (C=O) groups is 1. The molecule has 2 aromatic rings. The highest BCUT2D eigenvalue weighted by atomic mass is 16.2. The second kappa shape index (κ2) is 5.72. The molecule has 4 nitrogen and oxygen atoms in total. The number of hydrogen-bond donors (Lipinski definition) is 0. The van der Waals surface area contributed by atoms with E-state index in [0.717, 1.165) is 43.6 Å². The smallest absolute Gasteiger partial charge is 0.274 e. The first kappa shape index (κ1) is 13.9. The summed E-state index contributed by atoms with van der Waals surface area (Å²) in [6.45, 7) is 5.47. The minimum Gasteiger partial charge on any atom is -0.338 e. The number of fused-ring (bicyclic) bond motifs is 1. The van der Waals surface area contributed by atoms with Gasteiger partial charge in [0.25, 0.3) is 5.91 Å². The first-order valence-electron chi connectivity index (χ1n) is 7.71. The predicted molar refractivity (Wildman–Crippen MR) is 82.8 cm³/mol. The van der Waals surface area contributed by atoms with E-state index in [1.54, 1.807) is 0 Å². The number of carbonyl (C=O) groups excluding carboxylic acids is 1. The predicted octanol–water partition coefficient (Wildman–Crippen LogP) is 2.84. The summed E-state index contributed by atoms with van der Waals surface area (Å²) in [5, 5.41) is 4.64. The summed E-state index contributed by atoms with van der Waals surface area (Å²) in [5.41, 5.74) is 4.04. The van der Waals surface area contributed by atoms with Gasteiger partial charge in [0.05, 0.1) is 5.69 Å². The van der Waals surface area contributed by atoms with Gasteiger partial charge in [-0.2, -0.15) is 5.10 Å². The Balaban J connectivity index is 2.06. The van der Waals surface area contributed by atoms with E-state index in [0.29, 0.717) is 5.69 Å². The van der Waals surface area contributed by atoms with Crippen LogP contribution in [-0.4, -0.2) is 33.7 Å². The van der Waals surface area contributed by atoms with E-state index in [1.807, 2.05) is 53.8 Å². The average molecular weight is 283 g/mol. The molecule has 0 atom stereocenters. The van der Waals surface area contributed by atoms with E-state index in [1.165, 1.54) is 5.69 Å². The van der Waals surface area contributed by atoms with Crippen LogP contribution in [0.1, 0.15) is 42.0 Å². The highest BCUT2D eigenvalue weighted by Gasteiger charge is 2.28. The molecule has 0 spiro atoms. The van der Waals surface area contributed by atoms with E-state index in [2.05, 4.69) is 5.10 Å². The Bertz CT molecular complexity index is 642. The molecule has 1 heterocycles. The van der Waals surface area contributed by atoms with Crippen molar-refractivity contribution in [2.45, 2.75) is 33.1 Å². The Hall–Kier alpha value is -2.10. The summed E-state index contributed by atoms with van der Waals surface area (Å²) in [4.78, 5) is 14.5. The van der Waals surface area contributed by atoms with Crippen LogP contribution in [0.4, 0.5) is 0 Å². The van der Waals surface area contributed by atoms with Crippen LogP contribution in [0.3, 0.4) is 0 Å². The fourth-order valence-electron chi connectivity index (χ4n) is 3.05. The lowest BCUT2D eigenvalue weighted by Crippen LogP contribution is -2.31. The van der Waals surface area contributed by atoms with Gasteiger partial charge in [-0.1, -0.05) is 18.2 Å². The molecular weight excluding hydrogens is 262 g/mol. The molecule has 110 valence electrons. The van der Waals surface area contributed by atoms with Gasteiger partial charge in [-0.25, -0.2) is 4.68 Å². The first-order chi connectivity index (χ1) is 10.3. The lowest BCUT2D eigenvalue weighted by Gasteiger charge is -2.17. The van der Waals surface area contributed by atoms with Gasteiger partial charge in [-0.15, -0.1) is 0 Å². The second-order valence-electron chi connectivity index (χ2n) is 5.35. The van der Waals surface area contributed by atoms with Crippen molar-refractivity contribution in [2.24, 2.45) is 0 Å². The molecule has 1 aromatic heterocycles. The third-order valence-corrected chi connectivity index (χ3v) is 4.18. The van der Waals surface area contributed by atoms with Crippen LogP contribution >= 0.6 is 0 Å². The SMILES string of the molecule is CCN(CC)C(=O)c1nn(-c2ccccc2)c2c1CCC2. The first-order valence-corrected chi connectivity index (χ1v) is 7.71. The molecule has 0 fully saturated rings. The number of amides is 1. The van der Waals surface area contributed by atoms with E-state index >= 15 is 0 Å². The average Bonchev–Trinajstić information content (AvgIpc) is 3.11. The van der Waals surface area contributed by atoms with Crippen LogP contribution in [-0.2, 0) is 12.8 Å².